The zero-order chi connectivity index (χ0) is 19.8. The molecule has 1 amide bonds. The molecule has 28 heavy (non-hydrogen) atoms. The first kappa shape index (κ1) is 18.7. The van der Waals surface area contributed by atoms with Gasteiger partial charge in [-0.2, -0.15) is 5.10 Å². The summed E-state index contributed by atoms with van der Waals surface area (Å²) in [4.78, 5) is 26.9. The lowest BCUT2D eigenvalue weighted by Crippen LogP contribution is -2.30. The Bertz CT molecular complexity index is 872. The summed E-state index contributed by atoms with van der Waals surface area (Å²) in [5, 5.41) is 14.2. The van der Waals surface area contributed by atoms with Gasteiger partial charge in [0.15, 0.2) is 0 Å². The highest BCUT2D eigenvalue weighted by atomic mass is 16.4. The Balaban J connectivity index is 1.62. The van der Waals surface area contributed by atoms with E-state index < -0.39 is 11.9 Å². The summed E-state index contributed by atoms with van der Waals surface area (Å²) in [5.41, 5.74) is 2.66. The molecule has 1 aliphatic heterocycles. The van der Waals surface area contributed by atoms with E-state index in [1.54, 1.807) is 11.1 Å². The van der Waals surface area contributed by atoms with E-state index in [1.807, 2.05) is 35.0 Å². The summed E-state index contributed by atoms with van der Waals surface area (Å²) < 4.78 is 2.00. The summed E-state index contributed by atoms with van der Waals surface area (Å²) in [5.74, 6) is -1.29. The molecular formula is C22H27N3O3. The zero-order valence-corrected chi connectivity index (χ0v) is 16.4. The molecule has 3 atom stereocenters. The molecular weight excluding hydrogens is 354 g/mol. The van der Waals surface area contributed by atoms with Gasteiger partial charge in [0.2, 0.25) is 0 Å². The van der Waals surface area contributed by atoms with Gasteiger partial charge >= 0.3 is 5.97 Å². The van der Waals surface area contributed by atoms with Crippen molar-refractivity contribution < 1.29 is 14.7 Å². The summed E-state index contributed by atoms with van der Waals surface area (Å²) in [7, 11) is 0. The smallest absolute Gasteiger partial charge is 0.308 e. The average molecular weight is 381 g/mol. The fourth-order valence-electron chi connectivity index (χ4n) is 4.25. The average Bonchev–Trinajstić information content (AvgIpc) is 3.29. The van der Waals surface area contributed by atoms with Crippen LogP contribution < -0.4 is 0 Å². The Kier molecular flexibility index (Phi) is 4.96. The standard InChI is InChI=1S/C22H27N3O3/c1-3-14(2)25-20(16-9-10-16)17(11-23-25)21(26)24-12-18(19(13-24)22(27)28)15-7-5-4-6-8-15/h4-8,11,14,16,18-19H,3,9-10,12-13H2,1-2H3,(H,27,28). The molecule has 0 bridgehead atoms. The number of carbonyl (C=O) groups is 2. The third-order valence-corrected chi connectivity index (χ3v) is 6.19. The van der Waals surface area contributed by atoms with Gasteiger partial charge in [0, 0.05) is 31.0 Å². The summed E-state index contributed by atoms with van der Waals surface area (Å²) in [6.45, 7) is 4.91. The van der Waals surface area contributed by atoms with Crippen LogP contribution in [0.2, 0.25) is 0 Å². The number of likely N-dealkylation sites (tertiary alicyclic amines) is 1. The zero-order valence-electron chi connectivity index (χ0n) is 16.4. The molecule has 148 valence electrons. The van der Waals surface area contributed by atoms with E-state index in [0.717, 1.165) is 30.5 Å². The van der Waals surface area contributed by atoms with Crippen molar-refractivity contribution in [3.05, 3.63) is 53.3 Å². The number of aliphatic carboxylic acids is 1. The third kappa shape index (κ3) is 3.32. The lowest BCUT2D eigenvalue weighted by Gasteiger charge is -2.18. The molecule has 1 saturated heterocycles. The second-order valence-electron chi connectivity index (χ2n) is 8.09. The third-order valence-electron chi connectivity index (χ3n) is 6.19. The predicted octanol–water partition coefficient (Wildman–Crippen LogP) is 3.67. The van der Waals surface area contributed by atoms with Crippen LogP contribution >= 0.6 is 0 Å². The molecule has 3 unspecified atom stereocenters. The van der Waals surface area contributed by atoms with Gasteiger partial charge in [0.25, 0.3) is 5.91 Å². The molecule has 0 radical (unpaired) electrons. The van der Waals surface area contributed by atoms with E-state index >= 15 is 0 Å². The topological polar surface area (TPSA) is 75.4 Å². The molecule has 0 spiro atoms. The predicted molar refractivity (Wildman–Crippen MR) is 105 cm³/mol. The Morgan fingerprint density at radius 3 is 2.54 bits per heavy atom. The van der Waals surface area contributed by atoms with Crippen molar-refractivity contribution >= 4 is 11.9 Å². The van der Waals surface area contributed by atoms with Gasteiger partial charge in [-0.05, 0) is 31.7 Å². The summed E-state index contributed by atoms with van der Waals surface area (Å²) in [6, 6.07) is 9.90. The number of hydrogen-bond donors (Lipinski definition) is 1. The lowest BCUT2D eigenvalue weighted by atomic mass is 9.89. The summed E-state index contributed by atoms with van der Waals surface area (Å²) in [6.07, 6.45) is 4.82. The number of rotatable bonds is 6. The second kappa shape index (κ2) is 7.41. The Morgan fingerprint density at radius 2 is 1.93 bits per heavy atom. The monoisotopic (exact) mass is 381 g/mol. The molecule has 1 aliphatic carbocycles. The van der Waals surface area contributed by atoms with Crippen LogP contribution in [-0.4, -0.2) is 44.8 Å². The second-order valence-corrected chi connectivity index (χ2v) is 8.09. The highest BCUT2D eigenvalue weighted by molar-refractivity contribution is 5.96. The molecule has 1 saturated carbocycles. The van der Waals surface area contributed by atoms with Gasteiger partial charge in [-0.25, -0.2) is 0 Å². The van der Waals surface area contributed by atoms with Crippen molar-refractivity contribution in [2.45, 2.75) is 51.0 Å². The van der Waals surface area contributed by atoms with Crippen molar-refractivity contribution in [2.75, 3.05) is 13.1 Å². The first-order valence-corrected chi connectivity index (χ1v) is 10.2. The quantitative estimate of drug-likeness (QED) is 0.828. The first-order valence-electron chi connectivity index (χ1n) is 10.2. The highest BCUT2D eigenvalue weighted by Crippen LogP contribution is 2.43. The molecule has 4 rings (SSSR count). The van der Waals surface area contributed by atoms with E-state index in [4.69, 9.17) is 0 Å². The lowest BCUT2D eigenvalue weighted by molar-refractivity contribution is -0.141. The number of hydrogen-bond acceptors (Lipinski definition) is 3. The molecule has 6 heteroatoms. The Labute approximate surface area is 165 Å². The van der Waals surface area contributed by atoms with Crippen LogP contribution in [0.25, 0.3) is 0 Å². The van der Waals surface area contributed by atoms with Crippen molar-refractivity contribution in [3.8, 4) is 0 Å². The SMILES string of the molecule is CCC(C)n1ncc(C(=O)N2CC(C(=O)O)C(c3ccccc3)C2)c1C1CC1. The number of aromatic nitrogens is 2. The molecule has 2 heterocycles. The minimum absolute atomic E-state index is 0.0823. The van der Waals surface area contributed by atoms with Crippen molar-refractivity contribution in [1.82, 2.24) is 14.7 Å². The number of benzene rings is 1. The fraction of sp³-hybridized carbons (Fsp3) is 0.500. The van der Waals surface area contributed by atoms with Crippen molar-refractivity contribution in [3.63, 3.8) is 0 Å². The maximum atomic E-state index is 13.3. The normalized spacial score (nSPS) is 23.0. The first-order chi connectivity index (χ1) is 13.5. The van der Waals surface area contributed by atoms with Crippen molar-refractivity contribution in [1.29, 1.82) is 0 Å². The minimum atomic E-state index is -0.845. The van der Waals surface area contributed by atoms with Gasteiger partial charge in [0.1, 0.15) is 0 Å². The number of carboxylic acids is 1. The molecule has 1 aromatic carbocycles. The maximum absolute atomic E-state index is 13.3. The molecule has 2 aromatic rings. The van der Waals surface area contributed by atoms with Gasteiger partial charge in [-0.15, -0.1) is 0 Å². The maximum Gasteiger partial charge on any atom is 0.308 e. The van der Waals surface area contributed by atoms with Crippen LogP contribution in [0.15, 0.2) is 36.5 Å². The molecule has 1 N–H and O–H groups in total. The minimum Gasteiger partial charge on any atom is -0.481 e. The number of carbonyl (C=O) groups excluding carboxylic acids is 1. The molecule has 2 fully saturated rings. The van der Waals surface area contributed by atoms with Gasteiger partial charge in [-0.3, -0.25) is 14.3 Å². The molecule has 1 aromatic heterocycles. The van der Waals surface area contributed by atoms with Crippen LogP contribution in [0.1, 0.15) is 72.6 Å². The van der Waals surface area contributed by atoms with Gasteiger partial charge < -0.3 is 10.0 Å². The summed E-state index contributed by atoms with van der Waals surface area (Å²) >= 11 is 0. The number of amides is 1. The van der Waals surface area contributed by atoms with Gasteiger partial charge in [0.05, 0.1) is 23.4 Å². The Morgan fingerprint density at radius 1 is 1.21 bits per heavy atom. The van der Waals surface area contributed by atoms with E-state index in [1.165, 1.54) is 0 Å². The van der Waals surface area contributed by atoms with Gasteiger partial charge in [-0.1, -0.05) is 37.3 Å². The van der Waals surface area contributed by atoms with Crippen LogP contribution in [-0.2, 0) is 4.79 Å². The van der Waals surface area contributed by atoms with E-state index in [-0.39, 0.29) is 24.4 Å². The van der Waals surface area contributed by atoms with Crippen LogP contribution in [0.4, 0.5) is 0 Å². The van der Waals surface area contributed by atoms with E-state index in [9.17, 15) is 14.7 Å². The Hall–Kier alpha value is -2.63. The van der Waals surface area contributed by atoms with E-state index in [0.29, 0.717) is 18.0 Å². The largest absolute Gasteiger partial charge is 0.481 e. The van der Waals surface area contributed by atoms with E-state index in [2.05, 4.69) is 18.9 Å². The van der Waals surface area contributed by atoms with Crippen LogP contribution in [0.3, 0.4) is 0 Å². The van der Waals surface area contributed by atoms with Crippen molar-refractivity contribution in [2.24, 2.45) is 5.92 Å². The fourth-order valence-corrected chi connectivity index (χ4v) is 4.25. The molecule has 6 nitrogen and oxygen atoms in total. The highest BCUT2D eigenvalue weighted by Gasteiger charge is 2.42. The number of nitrogens with zero attached hydrogens (tertiary/aromatic N) is 3. The van der Waals surface area contributed by atoms with Crippen LogP contribution in [0.5, 0.6) is 0 Å². The molecule has 2 aliphatic rings. The van der Waals surface area contributed by atoms with Crippen LogP contribution in [0, 0.1) is 5.92 Å². The number of carboxylic acid groups (broad SMARTS) is 1.